The maximum absolute atomic E-state index is 12.8. The first-order chi connectivity index (χ1) is 29.8. The Hall–Kier alpha value is -1.59. The summed E-state index contributed by atoms with van der Waals surface area (Å²) >= 11 is 0. The molecule has 0 aromatic heterocycles. The van der Waals surface area contributed by atoms with E-state index in [4.69, 9.17) is 14.2 Å². The third-order valence-corrected chi connectivity index (χ3v) is 12.8. The number of carbonyl (C=O) groups excluding carboxylic acids is 3. The first kappa shape index (κ1) is 59.4. The smallest absolute Gasteiger partial charge is 0.306 e. The quantitative estimate of drug-likeness (QED) is 0.0344. The molecule has 0 amide bonds. The summed E-state index contributed by atoms with van der Waals surface area (Å²) in [6, 6.07) is 0. The maximum atomic E-state index is 12.8. The number of ether oxygens (including phenoxy) is 3. The van der Waals surface area contributed by atoms with E-state index >= 15 is 0 Å². The standard InChI is InChI=1S/C55H106O6/c1-6-8-9-10-11-12-13-14-15-16-17-21-24-30-35-40-45-53(56)59-48-52(61-55(58)47-42-37-32-27-26-29-34-39-44-51(5)7-2)49-60-54(57)46-41-36-31-25-22-19-18-20-23-28-33-38-43-50(3)4/h50-52H,6-49H2,1-5H3/t51?,52-/m0/s1. The molecular weight excluding hydrogens is 757 g/mol. The lowest BCUT2D eigenvalue weighted by molar-refractivity contribution is -0.167. The van der Waals surface area contributed by atoms with Crippen LogP contribution in [0.1, 0.15) is 304 Å². The van der Waals surface area contributed by atoms with Crippen molar-refractivity contribution in [2.45, 2.75) is 310 Å². The molecule has 0 saturated carbocycles. The molecule has 0 saturated heterocycles. The predicted molar refractivity (Wildman–Crippen MR) is 261 cm³/mol. The molecule has 0 fully saturated rings. The van der Waals surface area contributed by atoms with Crippen molar-refractivity contribution in [2.75, 3.05) is 13.2 Å². The zero-order valence-corrected chi connectivity index (χ0v) is 41.8. The fourth-order valence-electron chi connectivity index (χ4n) is 8.31. The van der Waals surface area contributed by atoms with Gasteiger partial charge in [-0.1, -0.05) is 266 Å². The van der Waals surface area contributed by atoms with Crippen LogP contribution in [0.5, 0.6) is 0 Å². The van der Waals surface area contributed by atoms with E-state index in [1.165, 1.54) is 193 Å². The molecule has 0 N–H and O–H groups in total. The van der Waals surface area contributed by atoms with Gasteiger partial charge >= 0.3 is 17.9 Å². The summed E-state index contributed by atoms with van der Waals surface area (Å²) in [6.07, 6.45) is 49.4. The van der Waals surface area contributed by atoms with Crippen LogP contribution in [-0.2, 0) is 28.6 Å². The number of hydrogen-bond acceptors (Lipinski definition) is 6. The third kappa shape index (κ3) is 47.7. The summed E-state index contributed by atoms with van der Waals surface area (Å²) in [5, 5.41) is 0. The van der Waals surface area contributed by atoms with Gasteiger partial charge in [0, 0.05) is 19.3 Å². The molecule has 6 nitrogen and oxygen atoms in total. The molecule has 1 unspecified atom stereocenters. The van der Waals surface area contributed by atoms with Gasteiger partial charge in [-0.15, -0.1) is 0 Å². The van der Waals surface area contributed by atoms with Crippen LogP contribution in [0.25, 0.3) is 0 Å². The minimum atomic E-state index is -0.762. The normalized spacial score (nSPS) is 12.5. The number of unbranched alkanes of at least 4 members (excludes halogenated alkanes) is 33. The van der Waals surface area contributed by atoms with Crippen molar-refractivity contribution in [1.29, 1.82) is 0 Å². The first-order valence-electron chi connectivity index (χ1n) is 27.3. The van der Waals surface area contributed by atoms with Gasteiger partial charge in [-0.25, -0.2) is 0 Å². The number of esters is 3. The molecule has 0 heterocycles. The van der Waals surface area contributed by atoms with Crippen LogP contribution in [0.15, 0.2) is 0 Å². The van der Waals surface area contributed by atoms with Gasteiger partial charge < -0.3 is 14.2 Å². The molecule has 362 valence electrons. The van der Waals surface area contributed by atoms with Crippen molar-refractivity contribution in [3.8, 4) is 0 Å². The molecule has 2 atom stereocenters. The molecule has 6 heteroatoms. The highest BCUT2D eigenvalue weighted by atomic mass is 16.6. The second-order valence-electron chi connectivity index (χ2n) is 19.6. The van der Waals surface area contributed by atoms with Gasteiger partial charge in [0.2, 0.25) is 0 Å². The maximum Gasteiger partial charge on any atom is 0.306 e. The lowest BCUT2D eigenvalue weighted by atomic mass is 9.99. The van der Waals surface area contributed by atoms with Crippen molar-refractivity contribution in [3.63, 3.8) is 0 Å². The second kappa shape index (κ2) is 47.9. The van der Waals surface area contributed by atoms with Crippen LogP contribution >= 0.6 is 0 Å². The molecule has 61 heavy (non-hydrogen) atoms. The van der Waals surface area contributed by atoms with Crippen molar-refractivity contribution in [3.05, 3.63) is 0 Å². The van der Waals surface area contributed by atoms with Crippen LogP contribution in [0, 0.1) is 11.8 Å². The van der Waals surface area contributed by atoms with Crippen molar-refractivity contribution in [1.82, 2.24) is 0 Å². The molecule has 0 aromatic carbocycles. The Bertz CT molecular complexity index is 933. The summed E-state index contributed by atoms with van der Waals surface area (Å²) in [5.74, 6) is 0.833. The van der Waals surface area contributed by atoms with E-state index in [2.05, 4.69) is 34.6 Å². The van der Waals surface area contributed by atoms with Crippen molar-refractivity contribution >= 4 is 17.9 Å². The third-order valence-electron chi connectivity index (χ3n) is 12.8. The molecule has 0 aliphatic heterocycles. The largest absolute Gasteiger partial charge is 0.462 e. The molecule has 0 aromatic rings. The van der Waals surface area contributed by atoms with E-state index in [-0.39, 0.29) is 31.1 Å². The highest BCUT2D eigenvalue weighted by Crippen LogP contribution is 2.18. The van der Waals surface area contributed by atoms with Crippen LogP contribution in [0.3, 0.4) is 0 Å². The summed E-state index contributed by atoms with van der Waals surface area (Å²) < 4.78 is 16.8. The minimum absolute atomic E-state index is 0.0636. The molecule has 0 radical (unpaired) electrons. The van der Waals surface area contributed by atoms with Gasteiger partial charge in [-0.2, -0.15) is 0 Å². The van der Waals surface area contributed by atoms with Crippen LogP contribution in [-0.4, -0.2) is 37.2 Å². The van der Waals surface area contributed by atoms with Gasteiger partial charge in [0.1, 0.15) is 13.2 Å². The molecule has 0 rings (SSSR count). The van der Waals surface area contributed by atoms with Gasteiger partial charge in [0.25, 0.3) is 0 Å². The lowest BCUT2D eigenvalue weighted by Crippen LogP contribution is -2.30. The van der Waals surface area contributed by atoms with E-state index in [0.717, 1.165) is 69.6 Å². The van der Waals surface area contributed by atoms with Crippen LogP contribution in [0.4, 0.5) is 0 Å². The average Bonchev–Trinajstić information content (AvgIpc) is 3.24. The number of carbonyl (C=O) groups is 3. The highest BCUT2D eigenvalue weighted by Gasteiger charge is 2.19. The Morgan fingerprint density at radius 1 is 0.344 bits per heavy atom. The summed E-state index contributed by atoms with van der Waals surface area (Å²) in [4.78, 5) is 38.0. The molecule has 0 aliphatic carbocycles. The van der Waals surface area contributed by atoms with E-state index in [9.17, 15) is 14.4 Å². The SMILES string of the molecule is CCCCCCCCCCCCCCCCCCC(=O)OC[C@@H](COC(=O)CCCCCCCCCCCCCCC(C)C)OC(=O)CCCCCCCCCCC(C)CC. The summed E-state index contributed by atoms with van der Waals surface area (Å²) in [5.41, 5.74) is 0. The van der Waals surface area contributed by atoms with Gasteiger partial charge in [-0.05, 0) is 31.1 Å². The van der Waals surface area contributed by atoms with Gasteiger partial charge in [0.15, 0.2) is 6.10 Å². The minimum Gasteiger partial charge on any atom is -0.462 e. The average molecular weight is 863 g/mol. The monoisotopic (exact) mass is 863 g/mol. The van der Waals surface area contributed by atoms with Gasteiger partial charge in [-0.3, -0.25) is 14.4 Å². The Morgan fingerprint density at radius 3 is 0.934 bits per heavy atom. The number of hydrogen-bond donors (Lipinski definition) is 0. The topological polar surface area (TPSA) is 78.9 Å². The summed E-state index contributed by atoms with van der Waals surface area (Å²) in [7, 11) is 0. The molecule has 0 bridgehead atoms. The second-order valence-corrected chi connectivity index (χ2v) is 19.6. The van der Waals surface area contributed by atoms with Gasteiger partial charge in [0.05, 0.1) is 0 Å². The van der Waals surface area contributed by atoms with Crippen molar-refractivity contribution in [2.24, 2.45) is 11.8 Å². The molecule has 0 aliphatic rings. The van der Waals surface area contributed by atoms with E-state index < -0.39 is 6.10 Å². The van der Waals surface area contributed by atoms with E-state index in [1.54, 1.807) is 0 Å². The molecular formula is C55H106O6. The predicted octanol–water partition coefficient (Wildman–Crippen LogP) is 17.7. The van der Waals surface area contributed by atoms with Crippen molar-refractivity contribution < 1.29 is 28.6 Å². The molecule has 0 spiro atoms. The Morgan fingerprint density at radius 2 is 0.623 bits per heavy atom. The van der Waals surface area contributed by atoms with Crippen LogP contribution in [0.2, 0.25) is 0 Å². The zero-order chi connectivity index (χ0) is 44.7. The fraction of sp³-hybridized carbons (Fsp3) is 0.945. The van der Waals surface area contributed by atoms with E-state index in [0.29, 0.717) is 19.3 Å². The van der Waals surface area contributed by atoms with E-state index in [1.807, 2.05) is 0 Å². The Balaban J connectivity index is 4.30. The zero-order valence-electron chi connectivity index (χ0n) is 41.8. The lowest BCUT2D eigenvalue weighted by Gasteiger charge is -2.18. The highest BCUT2D eigenvalue weighted by molar-refractivity contribution is 5.71. The van der Waals surface area contributed by atoms with Crippen LogP contribution < -0.4 is 0 Å². The summed E-state index contributed by atoms with van der Waals surface area (Å²) in [6.45, 7) is 11.4. The number of rotatable bonds is 49. The first-order valence-corrected chi connectivity index (χ1v) is 27.3. The fourth-order valence-corrected chi connectivity index (χ4v) is 8.31. The Kier molecular flexibility index (Phi) is 46.6. The Labute approximate surface area is 380 Å².